The number of fused-ring (bicyclic) bond motifs is 5. The third-order valence-electron chi connectivity index (χ3n) is 10.4. The largest absolute Gasteiger partial charge is 0.374 e. The standard InChI is InChI=1S/C32H42O2S/c1-21(2)14-18-35-25-9-5-22(6-10-25)28-20-31(3)29(13-16-32(31)15-4-17-34-32)27-11-7-23-19-24(33)8-12-26(23)30(27)28/h5-6,9-10,19,21,27-29H,4,7-8,11-18,20H2,1-3H3/t27-,28+,29-,31-,32-/m0/s1. The lowest BCUT2D eigenvalue weighted by Gasteiger charge is -2.55. The molecule has 0 bridgehead atoms. The average Bonchev–Trinajstić information content (AvgIpc) is 3.44. The number of carbonyl (C=O) groups is 1. The fourth-order valence-electron chi connectivity index (χ4n) is 8.59. The highest BCUT2D eigenvalue weighted by Gasteiger charge is 2.64. The normalized spacial score (nSPS) is 36.4. The summed E-state index contributed by atoms with van der Waals surface area (Å²) in [6.07, 6.45) is 13.5. The number of ether oxygens (including phenoxy) is 1. The van der Waals surface area contributed by atoms with Crippen LogP contribution >= 0.6 is 11.8 Å². The summed E-state index contributed by atoms with van der Waals surface area (Å²) in [6.45, 7) is 8.15. The smallest absolute Gasteiger partial charge is 0.156 e. The highest BCUT2D eigenvalue weighted by atomic mass is 32.2. The molecule has 5 aliphatic rings. The quantitative estimate of drug-likeness (QED) is 0.389. The fraction of sp³-hybridized carbons (Fsp3) is 0.656. The highest BCUT2D eigenvalue weighted by Crippen LogP contribution is 2.69. The Morgan fingerprint density at radius 2 is 1.91 bits per heavy atom. The Labute approximate surface area is 216 Å². The number of hydrogen-bond acceptors (Lipinski definition) is 3. The Bertz CT molecular complexity index is 1040. The number of hydrogen-bond donors (Lipinski definition) is 0. The lowest BCUT2D eigenvalue weighted by molar-refractivity contribution is -0.114. The maximum atomic E-state index is 12.3. The van der Waals surface area contributed by atoms with Crippen molar-refractivity contribution in [2.24, 2.45) is 23.2 Å². The van der Waals surface area contributed by atoms with Gasteiger partial charge in [-0.25, -0.2) is 0 Å². The summed E-state index contributed by atoms with van der Waals surface area (Å²) >= 11 is 2.00. The minimum Gasteiger partial charge on any atom is -0.374 e. The van der Waals surface area contributed by atoms with E-state index in [-0.39, 0.29) is 11.0 Å². The highest BCUT2D eigenvalue weighted by molar-refractivity contribution is 7.99. The van der Waals surface area contributed by atoms with Gasteiger partial charge < -0.3 is 4.74 Å². The summed E-state index contributed by atoms with van der Waals surface area (Å²) in [5, 5.41) is 0. The molecule has 35 heavy (non-hydrogen) atoms. The van der Waals surface area contributed by atoms with E-state index < -0.39 is 0 Å². The molecule has 1 saturated heterocycles. The van der Waals surface area contributed by atoms with E-state index in [9.17, 15) is 4.79 Å². The summed E-state index contributed by atoms with van der Waals surface area (Å²) in [5.41, 5.74) is 6.48. The molecule has 6 rings (SSSR count). The van der Waals surface area contributed by atoms with Crippen molar-refractivity contribution in [2.45, 2.75) is 101 Å². The molecule has 1 aromatic rings. The molecule has 1 aromatic carbocycles. The van der Waals surface area contributed by atoms with E-state index >= 15 is 0 Å². The minimum atomic E-state index is 0.0946. The van der Waals surface area contributed by atoms with Gasteiger partial charge in [0.1, 0.15) is 0 Å². The number of thioether (sulfide) groups is 1. The monoisotopic (exact) mass is 490 g/mol. The van der Waals surface area contributed by atoms with E-state index in [1.807, 2.05) is 17.8 Å². The van der Waals surface area contributed by atoms with Gasteiger partial charge in [-0.15, -0.1) is 11.8 Å². The fourth-order valence-corrected chi connectivity index (χ4v) is 9.74. The SMILES string of the molecule is CC(C)CCSc1ccc([C@H]2C[C@@]3(C)[C@@H](CC[C@@]34CCCO4)[C@@H]3CCC4=CC(=O)CCC4=C32)cc1. The Morgan fingerprint density at radius 3 is 2.66 bits per heavy atom. The van der Waals surface area contributed by atoms with Crippen LogP contribution in [0.25, 0.3) is 0 Å². The van der Waals surface area contributed by atoms with Crippen molar-refractivity contribution in [1.82, 2.24) is 0 Å². The van der Waals surface area contributed by atoms with Crippen molar-refractivity contribution in [3.63, 3.8) is 0 Å². The second-order valence-corrected chi connectivity index (χ2v) is 13.7. The van der Waals surface area contributed by atoms with Crippen molar-refractivity contribution < 1.29 is 9.53 Å². The summed E-state index contributed by atoms with van der Waals surface area (Å²) in [5.74, 6) is 4.13. The Morgan fingerprint density at radius 1 is 1.09 bits per heavy atom. The number of carbonyl (C=O) groups excluding carboxylic acids is 1. The molecule has 1 heterocycles. The molecule has 2 saturated carbocycles. The molecule has 1 aliphatic heterocycles. The summed E-state index contributed by atoms with van der Waals surface area (Å²) in [4.78, 5) is 13.7. The molecule has 0 unspecified atom stereocenters. The van der Waals surface area contributed by atoms with E-state index in [1.165, 1.54) is 66.7 Å². The van der Waals surface area contributed by atoms with Gasteiger partial charge in [-0.05, 0) is 116 Å². The van der Waals surface area contributed by atoms with E-state index in [4.69, 9.17) is 4.74 Å². The first-order chi connectivity index (χ1) is 16.9. The second-order valence-electron chi connectivity index (χ2n) is 12.6. The first kappa shape index (κ1) is 24.0. The molecule has 0 N–H and O–H groups in total. The van der Waals surface area contributed by atoms with E-state index in [2.05, 4.69) is 45.0 Å². The lowest BCUT2D eigenvalue weighted by Crippen LogP contribution is -2.51. The van der Waals surface area contributed by atoms with Crippen molar-refractivity contribution in [3.8, 4) is 0 Å². The van der Waals surface area contributed by atoms with Gasteiger partial charge in [-0.3, -0.25) is 4.79 Å². The lowest BCUT2D eigenvalue weighted by atomic mass is 9.51. The van der Waals surface area contributed by atoms with Crippen LogP contribution in [0.15, 0.2) is 52.0 Å². The zero-order valence-electron chi connectivity index (χ0n) is 21.9. The Kier molecular flexibility index (Phi) is 6.33. The van der Waals surface area contributed by atoms with Gasteiger partial charge >= 0.3 is 0 Å². The molecule has 3 heteroatoms. The van der Waals surface area contributed by atoms with Gasteiger partial charge in [-0.1, -0.05) is 38.5 Å². The van der Waals surface area contributed by atoms with Crippen LogP contribution in [0.3, 0.4) is 0 Å². The molecule has 3 fully saturated rings. The molecule has 2 nitrogen and oxygen atoms in total. The Balaban J connectivity index is 1.39. The zero-order chi connectivity index (χ0) is 24.2. The maximum absolute atomic E-state index is 12.3. The maximum Gasteiger partial charge on any atom is 0.156 e. The second kappa shape index (κ2) is 9.21. The topological polar surface area (TPSA) is 26.3 Å². The van der Waals surface area contributed by atoms with Crippen LogP contribution in [0.5, 0.6) is 0 Å². The first-order valence-corrected chi connectivity index (χ1v) is 15.2. The van der Waals surface area contributed by atoms with Crippen LogP contribution < -0.4 is 0 Å². The number of benzene rings is 1. The summed E-state index contributed by atoms with van der Waals surface area (Å²) < 4.78 is 6.67. The van der Waals surface area contributed by atoms with E-state index in [0.717, 1.165) is 31.3 Å². The summed E-state index contributed by atoms with van der Waals surface area (Å²) in [6, 6.07) is 9.60. The van der Waals surface area contributed by atoms with Gasteiger partial charge in [0.25, 0.3) is 0 Å². The predicted molar refractivity (Wildman–Crippen MR) is 145 cm³/mol. The van der Waals surface area contributed by atoms with E-state index in [1.54, 1.807) is 11.1 Å². The third kappa shape index (κ3) is 4.00. The summed E-state index contributed by atoms with van der Waals surface area (Å²) in [7, 11) is 0. The molecular weight excluding hydrogens is 448 g/mol. The molecule has 188 valence electrons. The predicted octanol–water partition coefficient (Wildman–Crippen LogP) is 8.27. The van der Waals surface area contributed by atoms with E-state index in [0.29, 0.717) is 24.0 Å². The average molecular weight is 491 g/mol. The number of allylic oxidation sites excluding steroid dienone is 4. The number of rotatable bonds is 5. The van der Waals surface area contributed by atoms with Crippen LogP contribution in [-0.2, 0) is 9.53 Å². The van der Waals surface area contributed by atoms with Crippen molar-refractivity contribution in [3.05, 3.63) is 52.6 Å². The molecule has 0 radical (unpaired) electrons. The van der Waals surface area contributed by atoms with Crippen molar-refractivity contribution in [1.29, 1.82) is 0 Å². The van der Waals surface area contributed by atoms with Crippen LogP contribution in [0.2, 0.25) is 0 Å². The molecule has 0 amide bonds. The molecule has 5 atom stereocenters. The molecule has 1 spiro atoms. The zero-order valence-corrected chi connectivity index (χ0v) is 22.7. The van der Waals surface area contributed by atoms with Gasteiger partial charge in [-0.2, -0.15) is 0 Å². The number of ketones is 1. The third-order valence-corrected chi connectivity index (χ3v) is 11.4. The van der Waals surface area contributed by atoms with Gasteiger partial charge in [0, 0.05) is 29.3 Å². The first-order valence-electron chi connectivity index (χ1n) is 14.2. The van der Waals surface area contributed by atoms with Crippen LogP contribution in [-0.4, -0.2) is 23.7 Å². The molecule has 4 aliphatic carbocycles. The molecule has 0 aromatic heterocycles. The Hall–Kier alpha value is -1.32. The van der Waals surface area contributed by atoms with Crippen molar-refractivity contribution >= 4 is 17.5 Å². The van der Waals surface area contributed by atoms with Gasteiger partial charge in [0.05, 0.1) is 5.60 Å². The van der Waals surface area contributed by atoms with Gasteiger partial charge in [0.15, 0.2) is 5.78 Å². The molecular formula is C32H42O2S. The van der Waals surface area contributed by atoms with Crippen LogP contribution in [0.1, 0.15) is 96.5 Å². The van der Waals surface area contributed by atoms with Crippen molar-refractivity contribution in [2.75, 3.05) is 12.4 Å². The minimum absolute atomic E-state index is 0.0946. The van der Waals surface area contributed by atoms with Crippen LogP contribution in [0.4, 0.5) is 0 Å². The van der Waals surface area contributed by atoms with Crippen LogP contribution in [0, 0.1) is 23.2 Å². The van der Waals surface area contributed by atoms with Gasteiger partial charge in [0.2, 0.25) is 0 Å².